The number of hydrogen-bond acceptors (Lipinski definition) is 9. The molecule has 2 aliphatic rings. The third-order valence-electron chi connectivity index (χ3n) is 8.54. The van der Waals surface area contributed by atoms with Crippen LogP contribution in [0.15, 0.2) is 48.8 Å². The van der Waals surface area contributed by atoms with Crippen LogP contribution < -0.4 is 10.2 Å². The molecule has 1 N–H and O–H groups in total. The van der Waals surface area contributed by atoms with Gasteiger partial charge in [-0.2, -0.15) is 29.0 Å². The van der Waals surface area contributed by atoms with Crippen LogP contribution in [0.25, 0.3) is 22.5 Å². The summed E-state index contributed by atoms with van der Waals surface area (Å²) in [6.07, 6.45) is -1.50. The number of anilines is 2. The standard InChI is InChI=1S/C34H29F3N10O/c1-45-20-42-44-32(45)25-6-5-21(15-39)10-26(25)24-13-30(41-8-3-7-38)43-31(14-24)47-19-28-27(33(47)48)11-23(12-29(28)34(35,36)37)18-46-9-2-4-22(16-40)17-46/h5-6,10-14,20,22H,2-4,8-9,17-19H2,1H3,(H,41,43)/t22-/m1/s1. The Morgan fingerprint density at radius 2 is 1.90 bits per heavy atom. The molecular formula is C34H29F3N10O. The molecule has 1 amide bonds. The number of carbonyl (C=O) groups excluding carboxylic acids is 1. The number of amides is 1. The molecular weight excluding hydrogens is 621 g/mol. The fraction of sp³-hybridized carbons (Fsp3) is 0.324. The number of aromatic nitrogens is 4. The third-order valence-corrected chi connectivity index (χ3v) is 8.54. The number of alkyl halides is 3. The Bertz CT molecular complexity index is 2020. The first kappa shape index (κ1) is 32.2. The topological polar surface area (TPSA) is 151 Å². The molecule has 1 fully saturated rings. The molecule has 2 aromatic heterocycles. The van der Waals surface area contributed by atoms with E-state index >= 15 is 0 Å². The zero-order valence-electron chi connectivity index (χ0n) is 25.9. The molecule has 11 nitrogen and oxygen atoms in total. The summed E-state index contributed by atoms with van der Waals surface area (Å²) in [7, 11) is 1.77. The second kappa shape index (κ2) is 13.1. The first-order valence-corrected chi connectivity index (χ1v) is 15.3. The number of nitrogens with zero attached hydrogens (tertiary/aromatic N) is 9. The third kappa shape index (κ3) is 6.41. The van der Waals surface area contributed by atoms with Crippen LogP contribution in [-0.2, 0) is 26.3 Å². The molecule has 0 saturated carbocycles. The Hall–Kier alpha value is -5.78. The predicted molar refractivity (Wildman–Crippen MR) is 169 cm³/mol. The summed E-state index contributed by atoms with van der Waals surface area (Å²) in [4.78, 5) is 21.7. The molecule has 242 valence electrons. The van der Waals surface area contributed by atoms with Crippen molar-refractivity contribution in [2.24, 2.45) is 13.0 Å². The van der Waals surface area contributed by atoms with Gasteiger partial charge >= 0.3 is 6.18 Å². The van der Waals surface area contributed by atoms with Crippen molar-refractivity contribution in [2.45, 2.75) is 38.5 Å². The summed E-state index contributed by atoms with van der Waals surface area (Å²) in [6.45, 7) is 1.17. The van der Waals surface area contributed by atoms with Gasteiger partial charge in [0.2, 0.25) is 0 Å². The van der Waals surface area contributed by atoms with E-state index in [0.717, 1.165) is 18.9 Å². The highest BCUT2D eigenvalue weighted by molar-refractivity contribution is 6.10. The number of nitrogens with one attached hydrogen (secondary N) is 1. The molecule has 0 bridgehead atoms. The van der Waals surface area contributed by atoms with Crippen molar-refractivity contribution in [1.29, 1.82) is 15.8 Å². The minimum absolute atomic E-state index is 0.0499. The van der Waals surface area contributed by atoms with Gasteiger partial charge in [-0.15, -0.1) is 10.2 Å². The molecule has 1 saturated heterocycles. The lowest BCUT2D eigenvalue weighted by atomic mass is 9.96. The van der Waals surface area contributed by atoms with Gasteiger partial charge in [0, 0.05) is 37.8 Å². The fourth-order valence-corrected chi connectivity index (χ4v) is 6.28. The van der Waals surface area contributed by atoms with E-state index in [0.29, 0.717) is 52.5 Å². The summed E-state index contributed by atoms with van der Waals surface area (Å²) >= 11 is 0. The highest BCUT2D eigenvalue weighted by atomic mass is 19.4. The zero-order valence-corrected chi connectivity index (χ0v) is 25.9. The summed E-state index contributed by atoms with van der Waals surface area (Å²) in [5.41, 5.74) is 1.35. The maximum absolute atomic E-state index is 14.5. The summed E-state index contributed by atoms with van der Waals surface area (Å²) in [5.74, 6) is 0.0832. The number of benzene rings is 2. The lowest BCUT2D eigenvalue weighted by Crippen LogP contribution is -2.34. The lowest BCUT2D eigenvalue weighted by Gasteiger charge is -2.29. The average Bonchev–Trinajstić information content (AvgIpc) is 3.66. The highest BCUT2D eigenvalue weighted by Crippen LogP contribution is 2.41. The fourth-order valence-electron chi connectivity index (χ4n) is 6.28. The SMILES string of the molecule is Cn1cnnc1-c1ccc(C#N)cc1-c1cc(NCCC#N)nc(N2Cc3c(cc(CN4CCC[C@H](C#N)C4)cc3C(F)(F)F)C2=O)c1. The number of fused-ring (bicyclic) bond motifs is 1. The van der Waals surface area contributed by atoms with Crippen LogP contribution in [-0.4, -0.2) is 50.2 Å². The van der Waals surface area contributed by atoms with Crippen LogP contribution in [0, 0.1) is 39.9 Å². The van der Waals surface area contributed by atoms with Crippen LogP contribution in [0.4, 0.5) is 24.8 Å². The van der Waals surface area contributed by atoms with E-state index in [1.165, 1.54) is 17.3 Å². The van der Waals surface area contributed by atoms with Crippen molar-refractivity contribution in [1.82, 2.24) is 24.6 Å². The zero-order chi connectivity index (χ0) is 34.0. The number of nitriles is 3. The van der Waals surface area contributed by atoms with Gasteiger partial charge in [0.15, 0.2) is 5.82 Å². The number of rotatable bonds is 8. The average molecular weight is 651 g/mol. The van der Waals surface area contributed by atoms with Crippen molar-refractivity contribution in [3.63, 3.8) is 0 Å². The van der Waals surface area contributed by atoms with E-state index < -0.39 is 17.6 Å². The van der Waals surface area contributed by atoms with E-state index in [-0.39, 0.29) is 48.9 Å². The molecule has 1 atom stereocenters. The Labute approximate surface area is 274 Å². The minimum atomic E-state index is -4.71. The number of carbonyl (C=O) groups is 1. The monoisotopic (exact) mass is 650 g/mol. The second-order valence-electron chi connectivity index (χ2n) is 11.8. The van der Waals surface area contributed by atoms with Crippen LogP contribution in [0.2, 0.25) is 0 Å². The first-order valence-electron chi connectivity index (χ1n) is 15.3. The Morgan fingerprint density at radius 3 is 2.60 bits per heavy atom. The van der Waals surface area contributed by atoms with Crippen LogP contribution in [0.1, 0.15) is 51.9 Å². The Morgan fingerprint density at radius 1 is 1.06 bits per heavy atom. The van der Waals surface area contributed by atoms with Gasteiger partial charge < -0.3 is 9.88 Å². The maximum Gasteiger partial charge on any atom is 0.416 e. The van der Waals surface area contributed by atoms with Crippen LogP contribution >= 0.6 is 0 Å². The van der Waals surface area contributed by atoms with Crippen molar-refractivity contribution in [3.05, 3.63) is 76.6 Å². The summed E-state index contributed by atoms with van der Waals surface area (Å²) in [6, 6.07) is 17.4. The molecule has 0 spiro atoms. The van der Waals surface area contributed by atoms with Crippen molar-refractivity contribution in [3.8, 4) is 40.7 Å². The molecule has 4 aromatic rings. The van der Waals surface area contributed by atoms with Gasteiger partial charge in [-0.25, -0.2) is 4.98 Å². The van der Waals surface area contributed by atoms with Crippen molar-refractivity contribution in [2.75, 3.05) is 29.9 Å². The lowest BCUT2D eigenvalue weighted by molar-refractivity contribution is -0.138. The molecule has 6 rings (SSSR count). The molecule has 0 unspecified atom stereocenters. The van der Waals surface area contributed by atoms with Gasteiger partial charge in [0.25, 0.3) is 5.91 Å². The highest BCUT2D eigenvalue weighted by Gasteiger charge is 2.41. The number of pyridine rings is 1. The van der Waals surface area contributed by atoms with Gasteiger partial charge in [0.05, 0.1) is 48.2 Å². The van der Waals surface area contributed by atoms with Gasteiger partial charge in [0.1, 0.15) is 18.0 Å². The molecule has 0 radical (unpaired) electrons. The van der Waals surface area contributed by atoms with Gasteiger partial charge in [-0.05, 0) is 84.1 Å². The second-order valence-corrected chi connectivity index (χ2v) is 11.8. The van der Waals surface area contributed by atoms with Crippen molar-refractivity contribution < 1.29 is 18.0 Å². The van der Waals surface area contributed by atoms with Crippen molar-refractivity contribution >= 4 is 17.5 Å². The quantitative estimate of drug-likeness (QED) is 0.238. The van der Waals surface area contributed by atoms with E-state index in [9.17, 15) is 28.5 Å². The van der Waals surface area contributed by atoms with E-state index in [1.807, 2.05) is 11.0 Å². The smallest absolute Gasteiger partial charge is 0.369 e. The van der Waals surface area contributed by atoms with E-state index in [4.69, 9.17) is 5.26 Å². The number of aryl methyl sites for hydroxylation is 1. The minimum Gasteiger partial charge on any atom is -0.369 e. The summed E-state index contributed by atoms with van der Waals surface area (Å²) in [5, 5.41) is 39.4. The number of likely N-dealkylation sites (tertiary alicyclic amines) is 1. The Balaban J connectivity index is 1.43. The summed E-state index contributed by atoms with van der Waals surface area (Å²) < 4.78 is 45.2. The molecule has 0 aliphatic carbocycles. The van der Waals surface area contributed by atoms with E-state index in [2.05, 4.69) is 32.6 Å². The molecule has 14 heteroatoms. The largest absolute Gasteiger partial charge is 0.416 e. The molecule has 4 heterocycles. The molecule has 2 aromatic carbocycles. The number of piperidine rings is 1. The van der Waals surface area contributed by atoms with Gasteiger partial charge in [-0.1, -0.05) is 0 Å². The molecule has 48 heavy (non-hydrogen) atoms. The van der Waals surface area contributed by atoms with Crippen LogP contribution in [0.3, 0.4) is 0 Å². The normalized spacial score (nSPS) is 16.2. The number of halogens is 3. The first-order chi connectivity index (χ1) is 23.1. The number of hydrogen-bond donors (Lipinski definition) is 1. The Kier molecular flexibility index (Phi) is 8.81. The van der Waals surface area contributed by atoms with E-state index in [1.54, 1.807) is 41.9 Å². The molecule has 2 aliphatic heterocycles. The van der Waals surface area contributed by atoms with Crippen LogP contribution in [0.5, 0.6) is 0 Å². The predicted octanol–water partition coefficient (Wildman–Crippen LogP) is 5.66. The maximum atomic E-state index is 14.5. The van der Waals surface area contributed by atoms with Gasteiger partial charge in [-0.3, -0.25) is 14.6 Å².